The molecule has 0 heterocycles. The van der Waals surface area contributed by atoms with Gasteiger partial charge in [0.1, 0.15) is 0 Å². The molecule has 0 fully saturated rings. The lowest BCUT2D eigenvalue weighted by molar-refractivity contribution is 0.0386. The van der Waals surface area contributed by atoms with E-state index < -0.39 is 8.07 Å². The summed E-state index contributed by atoms with van der Waals surface area (Å²) in [5.41, 5.74) is 0.514. The molecule has 0 aromatic rings. The smallest absolute Gasteiger partial charge is 0.0511 e. The quantitative estimate of drug-likeness (QED) is 0.455. The fourth-order valence-electron chi connectivity index (χ4n) is 2.93. The molecule has 0 saturated carbocycles. The Hall–Kier alpha value is -0.0831. The van der Waals surface area contributed by atoms with Crippen LogP contribution in [0.4, 0.5) is 0 Å². The third-order valence-corrected chi connectivity index (χ3v) is 6.81. The van der Waals surface area contributed by atoms with Crippen LogP contribution in [0.15, 0.2) is 12.2 Å². The molecule has 0 N–H and O–H groups in total. The van der Waals surface area contributed by atoms with E-state index in [-0.39, 0.29) is 11.1 Å². The molecule has 0 aliphatic heterocycles. The number of hydrogen-bond acceptors (Lipinski definition) is 1. The minimum absolute atomic E-state index is 0.257. The Balaban J connectivity index is 4.44. The molecule has 0 aromatic carbocycles. The Morgan fingerprint density at radius 2 is 1.42 bits per heavy atom. The van der Waals surface area contributed by atoms with Gasteiger partial charge in [-0.1, -0.05) is 31.3 Å². The highest BCUT2D eigenvalue weighted by atomic mass is 28.3. The molecule has 19 heavy (non-hydrogen) atoms. The summed E-state index contributed by atoms with van der Waals surface area (Å²) in [6.07, 6.45) is 5.90. The average molecular weight is 284 g/mol. The van der Waals surface area contributed by atoms with Crippen molar-refractivity contribution in [3.63, 3.8) is 0 Å². The highest BCUT2D eigenvalue weighted by Crippen LogP contribution is 2.26. The Labute approximate surface area is 123 Å². The van der Waals surface area contributed by atoms with Gasteiger partial charge >= 0.3 is 0 Å². The van der Waals surface area contributed by atoms with Crippen molar-refractivity contribution < 1.29 is 0 Å². The lowest BCUT2D eigenvalue weighted by Gasteiger charge is -2.45. The highest BCUT2D eigenvalue weighted by molar-refractivity contribution is 6.77. The maximum atomic E-state index is 2.65. The largest absolute Gasteiger partial charge is 0.294 e. The fraction of sp³-hybridized carbons (Fsp3) is 0.882. The van der Waals surface area contributed by atoms with Crippen LogP contribution in [0.3, 0.4) is 0 Å². The summed E-state index contributed by atoms with van der Waals surface area (Å²) in [4.78, 5) is 2.65. The summed E-state index contributed by atoms with van der Waals surface area (Å²) in [5.74, 6) is 0. The van der Waals surface area contributed by atoms with Gasteiger partial charge in [-0.2, -0.15) is 0 Å². The van der Waals surface area contributed by atoms with Crippen LogP contribution in [0.1, 0.15) is 54.9 Å². The molecule has 0 saturated heterocycles. The first-order valence-electron chi connectivity index (χ1n) is 7.79. The second kappa shape index (κ2) is 7.08. The Bertz CT molecular complexity index is 265. The van der Waals surface area contributed by atoms with E-state index in [9.17, 15) is 0 Å². The van der Waals surface area contributed by atoms with Crippen molar-refractivity contribution in [1.29, 1.82) is 0 Å². The maximum Gasteiger partial charge on any atom is 0.0511 e. The average Bonchev–Trinajstić information content (AvgIpc) is 2.18. The van der Waals surface area contributed by atoms with E-state index in [0.29, 0.717) is 0 Å². The first-order chi connectivity index (χ1) is 8.40. The number of allylic oxidation sites excluding steroid dienone is 2. The van der Waals surface area contributed by atoms with Crippen molar-refractivity contribution in [3.8, 4) is 0 Å². The van der Waals surface area contributed by atoms with Crippen LogP contribution in [0, 0.1) is 0 Å². The monoisotopic (exact) mass is 283 g/mol. The van der Waals surface area contributed by atoms with E-state index >= 15 is 0 Å². The molecule has 2 heteroatoms. The highest BCUT2D eigenvalue weighted by Gasteiger charge is 2.31. The molecule has 0 radical (unpaired) electrons. The summed E-state index contributed by atoms with van der Waals surface area (Å²) >= 11 is 0. The molecule has 114 valence electrons. The van der Waals surface area contributed by atoms with E-state index in [1.807, 2.05) is 0 Å². The summed E-state index contributed by atoms with van der Waals surface area (Å²) in [7, 11) is -1.02. The predicted molar refractivity (Wildman–Crippen MR) is 92.7 cm³/mol. The number of rotatable bonds is 6. The zero-order valence-electron chi connectivity index (χ0n) is 14.9. The van der Waals surface area contributed by atoms with Gasteiger partial charge in [-0.15, -0.1) is 0 Å². The van der Waals surface area contributed by atoms with Crippen molar-refractivity contribution in [2.75, 3.05) is 6.54 Å². The molecule has 0 rings (SSSR count). The molecule has 0 aromatic heterocycles. The van der Waals surface area contributed by atoms with Gasteiger partial charge in [0.25, 0.3) is 0 Å². The summed E-state index contributed by atoms with van der Waals surface area (Å²) < 4.78 is 0. The molecule has 0 unspecified atom stereocenters. The second-order valence-electron chi connectivity index (χ2n) is 8.53. The fourth-order valence-corrected chi connectivity index (χ4v) is 5.12. The molecule has 0 bridgehead atoms. The van der Waals surface area contributed by atoms with Gasteiger partial charge in [0, 0.05) is 11.1 Å². The number of hydrogen-bond donors (Lipinski definition) is 0. The van der Waals surface area contributed by atoms with Crippen LogP contribution < -0.4 is 0 Å². The summed E-state index contributed by atoms with van der Waals surface area (Å²) in [6.45, 7) is 22.4. The van der Waals surface area contributed by atoms with Crippen LogP contribution in [-0.2, 0) is 0 Å². The lowest BCUT2D eigenvalue weighted by Crippen LogP contribution is -2.53. The molecular formula is C17H37NSi. The Kier molecular flexibility index (Phi) is 7.05. The third-order valence-electron chi connectivity index (χ3n) is 3.76. The molecular weight excluding hydrogens is 246 g/mol. The maximum absolute atomic E-state index is 2.65. The zero-order valence-corrected chi connectivity index (χ0v) is 15.9. The minimum atomic E-state index is -1.02. The van der Waals surface area contributed by atoms with Crippen molar-refractivity contribution in [1.82, 2.24) is 4.90 Å². The predicted octanol–water partition coefficient (Wildman–Crippen LogP) is 5.56. The van der Waals surface area contributed by atoms with E-state index in [1.165, 1.54) is 25.1 Å². The second-order valence-corrected chi connectivity index (χ2v) is 13.8. The van der Waals surface area contributed by atoms with E-state index in [4.69, 9.17) is 0 Å². The molecule has 1 nitrogen and oxygen atoms in total. The van der Waals surface area contributed by atoms with Crippen molar-refractivity contribution >= 4 is 8.07 Å². The van der Waals surface area contributed by atoms with Gasteiger partial charge in [0.2, 0.25) is 0 Å². The van der Waals surface area contributed by atoms with Gasteiger partial charge in [0.05, 0.1) is 8.07 Å². The standard InChI is InChI=1S/C17H37NSi/c1-10-11-14-19(8,9)15-12-13-18(16(2,3)4)17(5,6)7/h10-11H,12-15H2,1-9H3/b11-10+. The van der Waals surface area contributed by atoms with Gasteiger partial charge in [-0.05, 0) is 67.5 Å². The van der Waals surface area contributed by atoms with Gasteiger partial charge in [0.15, 0.2) is 0 Å². The van der Waals surface area contributed by atoms with Crippen LogP contribution in [0.5, 0.6) is 0 Å². The first kappa shape index (κ1) is 18.9. The van der Waals surface area contributed by atoms with E-state index in [1.54, 1.807) is 0 Å². The molecule has 0 spiro atoms. The zero-order chi connectivity index (χ0) is 15.3. The van der Waals surface area contributed by atoms with Crippen molar-refractivity contribution in [3.05, 3.63) is 12.2 Å². The Morgan fingerprint density at radius 1 is 0.947 bits per heavy atom. The molecule has 0 aliphatic carbocycles. The van der Waals surface area contributed by atoms with Gasteiger partial charge < -0.3 is 0 Å². The summed E-state index contributed by atoms with van der Waals surface area (Å²) in [5, 5.41) is 0. The topological polar surface area (TPSA) is 3.24 Å². The van der Waals surface area contributed by atoms with E-state index in [2.05, 4.69) is 78.6 Å². The van der Waals surface area contributed by atoms with Crippen LogP contribution in [-0.4, -0.2) is 30.6 Å². The number of nitrogens with zero attached hydrogens (tertiary/aromatic N) is 1. The van der Waals surface area contributed by atoms with Crippen LogP contribution >= 0.6 is 0 Å². The van der Waals surface area contributed by atoms with Crippen LogP contribution in [0.2, 0.25) is 25.2 Å². The molecule has 0 aliphatic rings. The van der Waals surface area contributed by atoms with Crippen molar-refractivity contribution in [2.45, 2.75) is 91.1 Å². The third kappa shape index (κ3) is 7.94. The molecule has 0 atom stereocenters. The Morgan fingerprint density at radius 3 is 1.79 bits per heavy atom. The SMILES string of the molecule is C/C=C/C[Si](C)(C)CCCN(C(C)(C)C)C(C)(C)C. The van der Waals surface area contributed by atoms with Gasteiger partial charge in [-0.25, -0.2) is 0 Å². The minimum Gasteiger partial charge on any atom is -0.294 e. The van der Waals surface area contributed by atoms with Gasteiger partial charge in [-0.3, -0.25) is 4.90 Å². The van der Waals surface area contributed by atoms with Crippen LogP contribution in [0.25, 0.3) is 0 Å². The summed E-state index contributed by atoms with van der Waals surface area (Å²) in [6, 6.07) is 2.76. The normalized spacial score (nSPS) is 14.6. The van der Waals surface area contributed by atoms with E-state index in [0.717, 1.165) is 0 Å². The first-order valence-corrected chi connectivity index (χ1v) is 11.2. The van der Waals surface area contributed by atoms with Crippen molar-refractivity contribution in [2.24, 2.45) is 0 Å². The lowest BCUT2D eigenvalue weighted by atomic mass is 9.96. The molecule has 0 amide bonds.